The SMILES string of the molecule is CC1(C(=O)N2CCN(CCC#N)CC2)CCCCN1. The normalized spacial score (nSPS) is 28.9. The van der Waals surface area contributed by atoms with E-state index in [9.17, 15) is 4.79 Å². The second kappa shape index (κ2) is 6.36. The van der Waals surface area contributed by atoms with E-state index in [1.807, 2.05) is 11.8 Å². The first kappa shape index (κ1) is 14.3. The summed E-state index contributed by atoms with van der Waals surface area (Å²) in [4.78, 5) is 16.8. The van der Waals surface area contributed by atoms with Gasteiger partial charge in [-0.25, -0.2) is 0 Å². The van der Waals surface area contributed by atoms with Crippen molar-refractivity contribution in [1.29, 1.82) is 5.26 Å². The molecule has 0 spiro atoms. The van der Waals surface area contributed by atoms with Crippen LogP contribution in [0.3, 0.4) is 0 Å². The van der Waals surface area contributed by atoms with Gasteiger partial charge in [0.15, 0.2) is 0 Å². The molecule has 0 aromatic rings. The predicted octanol–water partition coefficient (Wildman–Crippen LogP) is 0.576. The minimum Gasteiger partial charge on any atom is -0.339 e. The van der Waals surface area contributed by atoms with Crippen LogP contribution in [0, 0.1) is 11.3 Å². The highest BCUT2D eigenvalue weighted by Gasteiger charge is 2.38. The molecule has 106 valence electrons. The second-order valence-electron chi connectivity index (χ2n) is 5.76. The maximum absolute atomic E-state index is 12.6. The van der Waals surface area contributed by atoms with Crippen LogP contribution in [0.1, 0.15) is 32.6 Å². The molecule has 1 unspecified atom stereocenters. The molecule has 0 radical (unpaired) electrons. The monoisotopic (exact) mass is 264 g/mol. The lowest BCUT2D eigenvalue weighted by Crippen LogP contribution is -2.61. The highest BCUT2D eigenvalue weighted by Crippen LogP contribution is 2.22. The number of piperazine rings is 1. The highest BCUT2D eigenvalue weighted by atomic mass is 16.2. The van der Waals surface area contributed by atoms with Crippen molar-refractivity contribution in [3.63, 3.8) is 0 Å². The smallest absolute Gasteiger partial charge is 0.242 e. The molecule has 0 aromatic carbocycles. The van der Waals surface area contributed by atoms with Gasteiger partial charge in [0.25, 0.3) is 0 Å². The maximum atomic E-state index is 12.6. The van der Waals surface area contributed by atoms with E-state index in [-0.39, 0.29) is 11.4 Å². The minimum absolute atomic E-state index is 0.257. The van der Waals surface area contributed by atoms with Crippen molar-refractivity contribution in [3.8, 4) is 6.07 Å². The third kappa shape index (κ3) is 3.46. The average Bonchev–Trinajstić information content (AvgIpc) is 2.46. The Morgan fingerprint density at radius 2 is 2.05 bits per heavy atom. The Morgan fingerprint density at radius 1 is 1.32 bits per heavy atom. The lowest BCUT2D eigenvalue weighted by molar-refractivity contribution is -0.140. The molecule has 5 nitrogen and oxygen atoms in total. The molecule has 2 aliphatic rings. The second-order valence-corrected chi connectivity index (χ2v) is 5.76. The van der Waals surface area contributed by atoms with Crippen molar-refractivity contribution in [3.05, 3.63) is 0 Å². The molecule has 0 saturated carbocycles. The Morgan fingerprint density at radius 3 is 2.63 bits per heavy atom. The van der Waals surface area contributed by atoms with E-state index in [0.717, 1.165) is 52.1 Å². The number of nitrogens with one attached hydrogen (secondary N) is 1. The zero-order chi connectivity index (χ0) is 13.7. The first-order chi connectivity index (χ1) is 9.15. The largest absolute Gasteiger partial charge is 0.339 e. The van der Waals surface area contributed by atoms with Crippen LogP contribution in [0.2, 0.25) is 0 Å². The quantitative estimate of drug-likeness (QED) is 0.810. The molecule has 0 bridgehead atoms. The highest BCUT2D eigenvalue weighted by molar-refractivity contribution is 5.86. The zero-order valence-electron chi connectivity index (χ0n) is 11.8. The van der Waals surface area contributed by atoms with Gasteiger partial charge in [0.1, 0.15) is 0 Å². The van der Waals surface area contributed by atoms with Crippen LogP contribution in [-0.4, -0.2) is 60.5 Å². The van der Waals surface area contributed by atoms with E-state index in [4.69, 9.17) is 5.26 Å². The van der Waals surface area contributed by atoms with Crippen LogP contribution < -0.4 is 5.32 Å². The van der Waals surface area contributed by atoms with Crippen LogP contribution in [-0.2, 0) is 4.79 Å². The summed E-state index contributed by atoms with van der Waals surface area (Å²) in [5.74, 6) is 0.257. The summed E-state index contributed by atoms with van der Waals surface area (Å²) in [6.45, 7) is 7.19. The topological polar surface area (TPSA) is 59.4 Å². The Kier molecular flexibility index (Phi) is 4.78. The van der Waals surface area contributed by atoms with Gasteiger partial charge in [0.2, 0.25) is 5.91 Å². The van der Waals surface area contributed by atoms with Crippen molar-refractivity contribution in [2.24, 2.45) is 0 Å². The van der Waals surface area contributed by atoms with Gasteiger partial charge in [0.05, 0.1) is 11.6 Å². The molecule has 1 N–H and O–H groups in total. The number of carbonyl (C=O) groups excluding carboxylic acids is 1. The molecular weight excluding hydrogens is 240 g/mol. The van der Waals surface area contributed by atoms with Gasteiger partial charge in [0, 0.05) is 39.1 Å². The number of piperidine rings is 1. The number of rotatable bonds is 3. The van der Waals surface area contributed by atoms with Crippen molar-refractivity contribution in [1.82, 2.24) is 15.1 Å². The Bertz CT molecular complexity index is 349. The minimum atomic E-state index is -0.354. The number of nitriles is 1. The van der Waals surface area contributed by atoms with Crippen molar-refractivity contribution in [2.75, 3.05) is 39.3 Å². The molecule has 19 heavy (non-hydrogen) atoms. The van der Waals surface area contributed by atoms with Crippen LogP contribution in [0.5, 0.6) is 0 Å². The molecule has 2 saturated heterocycles. The summed E-state index contributed by atoms with van der Waals surface area (Å²) in [6.07, 6.45) is 3.83. The van der Waals surface area contributed by atoms with Gasteiger partial charge >= 0.3 is 0 Å². The van der Waals surface area contributed by atoms with Gasteiger partial charge in [-0.3, -0.25) is 9.69 Å². The van der Waals surface area contributed by atoms with Gasteiger partial charge in [-0.2, -0.15) is 5.26 Å². The van der Waals surface area contributed by atoms with Gasteiger partial charge < -0.3 is 10.2 Å². The van der Waals surface area contributed by atoms with E-state index in [2.05, 4.69) is 16.3 Å². The van der Waals surface area contributed by atoms with Crippen molar-refractivity contribution in [2.45, 2.75) is 38.1 Å². The molecule has 1 atom stereocenters. The van der Waals surface area contributed by atoms with Crippen molar-refractivity contribution >= 4 is 5.91 Å². The molecule has 2 aliphatic heterocycles. The standard InChI is InChI=1S/C14H24N4O/c1-14(5-2-3-7-16-14)13(19)18-11-9-17(10-12-18)8-4-6-15/h16H,2-5,7-12H2,1H3. The summed E-state index contributed by atoms with van der Waals surface area (Å²) >= 11 is 0. The zero-order valence-corrected chi connectivity index (χ0v) is 11.8. The van der Waals surface area contributed by atoms with Crippen molar-refractivity contribution < 1.29 is 4.79 Å². The average molecular weight is 264 g/mol. The number of hydrogen-bond acceptors (Lipinski definition) is 4. The van der Waals surface area contributed by atoms with Gasteiger partial charge in [-0.15, -0.1) is 0 Å². The van der Waals surface area contributed by atoms with E-state index < -0.39 is 0 Å². The van der Waals surface area contributed by atoms with Gasteiger partial charge in [-0.05, 0) is 32.7 Å². The molecule has 5 heteroatoms. The third-order valence-electron chi connectivity index (χ3n) is 4.29. The first-order valence-electron chi connectivity index (χ1n) is 7.29. The Hall–Kier alpha value is -1.12. The fourth-order valence-corrected chi connectivity index (χ4v) is 2.97. The lowest BCUT2D eigenvalue weighted by atomic mass is 9.89. The van der Waals surface area contributed by atoms with Gasteiger partial charge in [-0.1, -0.05) is 0 Å². The van der Waals surface area contributed by atoms with Crippen LogP contribution in [0.25, 0.3) is 0 Å². The molecule has 0 aliphatic carbocycles. The molecular formula is C14H24N4O. The maximum Gasteiger partial charge on any atom is 0.242 e. The number of hydrogen-bond donors (Lipinski definition) is 1. The summed E-state index contributed by atoms with van der Waals surface area (Å²) in [6, 6.07) is 2.17. The molecule has 2 heterocycles. The Labute approximate surface area is 115 Å². The molecule has 2 fully saturated rings. The summed E-state index contributed by atoms with van der Waals surface area (Å²) < 4.78 is 0. The van der Waals surface area contributed by atoms with E-state index >= 15 is 0 Å². The number of carbonyl (C=O) groups is 1. The first-order valence-corrected chi connectivity index (χ1v) is 7.29. The Balaban J connectivity index is 1.83. The van der Waals surface area contributed by atoms with Crippen LogP contribution in [0.4, 0.5) is 0 Å². The predicted molar refractivity (Wildman–Crippen MR) is 73.5 cm³/mol. The van der Waals surface area contributed by atoms with E-state index in [1.165, 1.54) is 6.42 Å². The fourth-order valence-electron chi connectivity index (χ4n) is 2.97. The van der Waals surface area contributed by atoms with Crippen LogP contribution >= 0.6 is 0 Å². The summed E-state index contributed by atoms with van der Waals surface area (Å²) in [5.41, 5.74) is -0.354. The van der Waals surface area contributed by atoms with Crippen LogP contribution in [0.15, 0.2) is 0 Å². The molecule has 0 aromatic heterocycles. The lowest BCUT2D eigenvalue weighted by Gasteiger charge is -2.41. The molecule has 2 rings (SSSR count). The number of nitrogens with zero attached hydrogens (tertiary/aromatic N) is 3. The molecule has 1 amide bonds. The summed E-state index contributed by atoms with van der Waals surface area (Å²) in [5, 5.41) is 12.0. The van der Waals surface area contributed by atoms with E-state index in [0.29, 0.717) is 6.42 Å². The summed E-state index contributed by atoms with van der Waals surface area (Å²) in [7, 11) is 0. The van der Waals surface area contributed by atoms with E-state index in [1.54, 1.807) is 0 Å². The fraction of sp³-hybridized carbons (Fsp3) is 0.857. The number of amides is 1. The third-order valence-corrected chi connectivity index (χ3v) is 4.29.